The molecule has 15 heavy (non-hydrogen) atoms. The van der Waals surface area contributed by atoms with Gasteiger partial charge in [0.25, 0.3) is 0 Å². The van der Waals surface area contributed by atoms with Gasteiger partial charge >= 0.3 is 0 Å². The monoisotopic (exact) mass is 209 g/mol. The molecule has 1 aliphatic carbocycles. The summed E-state index contributed by atoms with van der Waals surface area (Å²) in [4.78, 5) is 22.6. The van der Waals surface area contributed by atoms with E-state index in [1.54, 1.807) is 0 Å². The maximum Gasteiger partial charge on any atom is 0.239 e. The van der Waals surface area contributed by atoms with Crippen LogP contribution >= 0.6 is 0 Å². The second kappa shape index (κ2) is 4.44. The minimum absolute atomic E-state index is 0.0244. The van der Waals surface area contributed by atoms with Crippen LogP contribution < -0.4 is 16.0 Å². The highest BCUT2D eigenvalue weighted by atomic mass is 16.2. The van der Waals surface area contributed by atoms with Crippen LogP contribution in [0.25, 0.3) is 0 Å². The van der Waals surface area contributed by atoms with Gasteiger partial charge in [0.15, 0.2) is 0 Å². The molecule has 0 spiro atoms. The fourth-order valence-electron chi connectivity index (χ4n) is 1.79. The van der Waals surface area contributed by atoms with Crippen molar-refractivity contribution in [1.82, 2.24) is 16.0 Å². The molecule has 2 aliphatic rings. The van der Waals surface area contributed by atoms with E-state index in [1.807, 2.05) is 0 Å². The Morgan fingerprint density at radius 2 is 2.13 bits per heavy atom. The van der Waals surface area contributed by atoms with Gasteiger partial charge in [0, 0.05) is 12.6 Å². The maximum atomic E-state index is 11.7. The van der Waals surface area contributed by atoms with Crippen molar-refractivity contribution in [2.75, 3.05) is 13.1 Å². The van der Waals surface area contributed by atoms with Crippen LogP contribution in [0.1, 0.15) is 12.8 Å². The van der Waals surface area contributed by atoms with Gasteiger partial charge in [-0.1, -0.05) is 12.2 Å². The molecule has 1 fully saturated rings. The first-order valence-corrected chi connectivity index (χ1v) is 5.21. The van der Waals surface area contributed by atoms with Gasteiger partial charge in [-0.15, -0.1) is 0 Å². The van der Waals surface area contributed by atoms with Crippen LogP contribution in [0, 0.1) is 0 Å². The molecule has 0 aromatic rings. The fourth-order valence-corrected chi connectivity index (χ4v) is 1.79. The number of hydrogen-bond donors (Lipinski definition) is 3. The summed E-state index contributed by atoms with van der Waals surface area (Å²) >= 11 is 0. The zero-order valence-electron chi connectivity index (χ0n) is 8.45. The van der Waals surface area contributed by atoms with Crippen molar-refractivity contribution < 1.29 is 9.59 Å². The lowest BCUT2D eigenvalue weighted by Gasteiger charge is -2.24. The highest BCUT2D eigenvalue weighted by Gasteiger charge is 2.25. The molecule has 1 unspecified atom stereocenters. The second-order valence-electron chi connectivity index (χ2n) is 3.89. The molecular formula is C10H15N3O2. The summed E-state index contributed by atoms with van der Waals surface area (Å²) in [5.41, 5.74) is 0. The quantitative estimate of drug-likeness (QED) is 0.506. The van der Waals surface area contributed by atoms with Gasteiger partial charge < -0.3 is 10.6 Å². The van der Waals surface area contributed by atoms with E-state index in [1.165, 1.54) is 0 Å². The number of hydrogen-bond acceptors (Lipinski definition) is 3. The summed E-state index contributed by atoms with van der Waals surface area (Å²) < 4.78 is 0. The SMILES string of the molecule is O=C1CNC(C(=O)NC2CC=CC2)CN1. The Hall–Kier alpha value is -1.36. The van der Waals surface area contributed by atoms with Crippen LogP contribution in [-0.2, 0) is 9.59 Å². The van der Waals surface area contributed by atoms with Crippen molar-refractivity contribution in [2.45, 2.75) is 24.9 Å². The number of nitrogens with one attached hydrogen (secondary N) is 3. The lowest BCUT2D eigenvalue weighted by Crippen LogP contribution is -2.58. The second-order valence-corrected chi connectivity index (χ2v) is 3.89. The minimum atomic E-state index is -0.289. The van der Waals surface area contributed by atoms with Crippen molar-refractivity contribution in [3.05, 3.63) is 12.2 Å². The Kier molecular flexibility index (Phi) is 3.01. The average Bonchev–Trinajstić information content (AvgIpc) is 2.71. The van der Waals surface area contributed by atoms with E-state index in [-0.39, 0.29) is 30.4 Å². The molecule has 2 rings (SSSR count). The molecule has 0 aromatic carbocycles. The molecule has 1 aliphatic heterocycles. The molecule has 1 heterocycles. The van der Waals surface area contributed by atoms with Crippen molar-refractivity contribution >= 4 is 11.8 Å². The largest absolute Gasteiger partial charge is 0.353 e. The Morgan fingerprint density at radius 3 is 2.73 bits per heavy atom. The number of carbonyl (C=O) groups is 2. The maximum absolute atomic E-state index is 11.7. The molecule has 2 amide bonds. The Labute approximate surface area is 88.3 Å². The zero-order valence-corrected chi connectivity index (χ0v) is 8.45. The van der Waals surface area contributed by atoms with Crippen molar-refractivity contribution in [3.8, 4) is 0 Å². The van der Waals surface area contributed by atoms with Crippen molar-refractivity contribution in [1.29, 1.82) is 0 Å². The van der Waals surface area contributed by atoms with Gasteiger partial charge in [-0.3, -0.25) is 14.9 Å². The first kappa shape index (κ1) is 10.2. The highest BCUT2D eigenvalue weighted by molar-refractivity contribution is 5.86. The predicted octanol–water partition coefficient (Wildman–Crippen LogP) is -1.09. The first-order chi connectivity index (χ1) is 7.25. The third kappa shape index (κ3) is 2.56. The smallest absolute Gasteiger partial charge is 0.239 e. The summed E-state index contributed by atoms with van der Waals surface area (Å²) in [5.74, 6) is -0.0784. The standard InChI is InChI=1S/C10H15N3O2/c14-9-6-11-8(5-12-9)10(15)13-7-3-1-2-4-7/h1-2,7-8,11H,3-6H2,(H,12,14)(H,13,15). The van der Waals surface area contributed by atoms with E-state index in [0.717, 1.165) is 12.8 Å². The Bertz CT molecular complexity index is 283. The molecule has 0 saturated carbocycles. The topological polar surface area (TPSA) is 70.2 Å². The normalized spacial score (nSPS) is 26.4. The number of amides is 2. The fraction of sp³-hybridized carbons (Fsp3) is 0.600. The molecule has 1 atom stereocenters. The van der Waals surface area contributed by atoms with E-state index >= 15 is 0 Å². The third-order valence-electron chi connectivity index (χ3n) is 2.68. The van der Waals surface area contributed by atoms with Gasteiger partial charge in [-0.05, 0) is 12.8 Å². The molecule has 1 saturated heterocycles. The van der Waals surface area contributed by atoms with E-state index in [4.69, 9.17) is 0 Å². The summed E-state index contributed by atoms with van der Waals surface area (Å²) in [6.07, 6.45) is 5.96. The van der Waals surface area contributed by atoms with Gasteiger partial charge in [0.05, 0.1) is 6.54 Å². The van der Waals surface area contributed by atoms with Gasteiger partial charge in [-0.25, -0.2) is 0 Å². The zero-order chi connectivity index (χ0) is 10.7. The Balaban J connectivity index is 1.78. The van der Waals surface area contributed by atoms with Crippen LogP contribution in [0.2, 0.25) is 0 Å². The van der Waals surface area contributed by atoms with Crippen LogP contribution in [-0.4, -0.2) is 37.0 Å². The minimum Gasteiger partial charge on any atom is -0.353 e. The van der Waals surface area contributed by atoms with Crippen molar-refractivity contribution in [2.24, 2.45) is 0 Å². The van der Waals surface area contributed by atoms with Crippen LogP contribution in [0.3, 0.4) is 0 Å². The Morgan fingerprint density at radius 1 is 1.40 bits per heavy atom. The highest BCUT2D eigenvalue weighted by Crippen LogP contribution is 2.09. The van der Waals surface area contributed by atoms with Gasteiger partial charge in [0.2, 0.25) is 11.8 Å². The van der Waals surface area contributed by atoms with Crippen LogP contribution in [0.4, 0.5) is 0 Å². The van der Waals surface area contributed by atoms with E-state index in [0.29, 0.717) is 6.54 Å². The van der Waals surface area contributed by atoms with E-state index in [2.05, 4.69) is 28.1 Å². The molecule has 0 bridgehead atoms. The van der Waals surface area contributed by atoms with Crippen LogP contribution in [0.5, 0.6) is 0 Å². The summed E-state index contributed by atoms with van der Waals surface area (Å²) in [6.45, 7) is 0.603. The van der Waals surface area contributed by atoms with Crippen molar-refractivity contribution in [3.63, 3.8) is 0 Å². The molecule has 5 heteroatoms. The van der Waals surface area contributed by atoms with E-state index in [9.17, 15) is 9.59 Å². The summed E-state index contributed by atoms with van der Waals surface area (Å²) in [7, 11) is 0. The molecule has 82 valence electrons. The average molecular weight is 209 g/mol. The molecule has 0 radical (unpaired) electrons. The van der Waals surface area contributed by atoms with Gasteiger partial charge in [-0.2, -0.15) is 0 Å². The predicted molar refractivity (Wildman–Crippen MR) is 55.1 cm³/mol. The number of carbonyl (C=O) groups excluding carboxylic acids is 2. The molecular weight excluding hydrogens is 194 g/mol. The van der Waals surface area contributed by atoms with Gasteiger partial charge in [0.1, 0.15) is 6.04 Å². The number of rotatable bonds is 2. The van der Waals surface area contributed by atoms with Crippen LogP contribution in [0.15, 0.2) is 12.2 Å². The molecule has 0 aromatic heterocycles. The summed E-state index contributed by atoms with van der Waals surface area (Å²) in [5, 5.41) is 8.51. The molecule has 5 nitrogen and oxygen atoms in total. The molecule has 3 N–H and O–H groups in total. The number of piperazine rings is 1. The summed E-state index contributed by atoms with van der Waals surface area (Å²) in [6, 6.07) is -0.0553. The lowest BCUT2D eigenvalue weighted by molar-refractivity contribution is -0.127. The van der Waals surface area contributed by atoms with E-state index < -0.39 is 0 Å². The first-order valence-electron chi connectivity index (χ1n) is 5.21. The lowest BCUT2D eigenvalue weighted by atomic mass is 10.2. The third-order valence-corrected chi connectivity index (χ3v) is 2.68.